The first kappa shape index (κ1) is 14.9. The number of nitrogens with zero attached hydrogens (tertiary/aromatic N) is 1. The molecule has 2 heteroatoms. The number of aromatic nitrogens is 1. The Morgan fingerprint density at radius 1 is 1.28 bits per heavy atom. The van der Waals surface area contributed by atoms with Crippen molar-refractivity contribution in [3.63, 3.8) is 0 Å². The predicted octanol–water partition coefficient (Wildman–Crippen LogP) is 4.49. The Morgan fingerprint density at radius 3 is 2.56 bits per heavy atom. The summed E-state index contributed by atoms with van der Waals surface area (Å²) in [4.78, 5) is 16.6. The molecule has 0 aliphatic carbocycles. The Labute approximate surface area is 111 Å². The summed E-state index contributed by atoms with van der Waals surface area (Å²) in [7, 11) is 0. The molecule has 0 saturated heterocycles. The molecule has 100 valence electrons. The smallest absolute Gasteiger partial charge is 0.164 e. The molecule has 0 amide bonds. The lowest BCUT2D eigenvalue weighted by Crippen LogP contribution is -2.10. The second kappa shape index (κ2) is 7.30. The molecule has 18 heavy (non-hydrogen) atoms. The maximum absolute atomic E-state index is 12.3. The van der Waals surface area contributed by atoms with Crippen molar-refractivity contribution in [3.8, 4) is 0 Å². The summed E-state index contributed by atoms with van der Waals surface area (Å²) in [5.74, 6) is 0.779. The molecule has 0 fully saturated rings. The number of unbranched alkanes of at least 4 members (excludes halogenated alkanes) is 1. The van der Waals surface area contributed by atoms with Gasteiger partial charge in [0, 0.05) is 23.4 Å². The van der Waals surface area contributed by atoms with Crippen LogP contribution in [-0.4, -0.2) is 10.8 Å². The molecule has 2 nitrogen and oxygen atoms in total. The van der Waals surface area contributed by atoms with Gasteiger partial charge in [0.15, 0.2) is 5.78 Å². The zero-order chi connectivity index (χ0) is 13.5. The van der Waals surface area contributed by atoms with E-state index in [0.29, 0.717) is 12.3 Å². The van der Waals surface area contributed by atoms with E-state index >= 15 is 0 Å². The normalized spacial score (nSPS) is 12.4. The second-order valence-corrected chi connectivity index (χ2v) is 5.13. The van der Waals surface area contributed by atoms with Crippen molar-refractivity contribution in [2.45, 2.75) is 59.8 Å². The molecule has 0 aliphatic heterocycles. The molecular formula is C16H25NO. The van der Waals surface area contributed by atoms with Crippen LogP contribution in [0.4, 0.5) is 0 Å². The van der Waals surface area contributed by atoms with E-state index in [0.717, 1.165) is 29.8 Å². The van der Waals surface area contributed by atoms with E-state index in [4.69, 9.17) is 0 Å². The Morgan fingerprint density at radius 2 is 2.00 bits per heavy atom. The summed E-state index contributed by atoms with van der Waals surface area (Å²) >= 11 is 0. The predicted molar refractivity (Wildman–Crippen MR) is 76.0 cm³/mol. The van der Waals surface area contributed by atoms with Crippen LogP contribution in [0.1, 0.15) is 67.7 Å². The number of carbonyl (C=O) groups excluding carboxylic acids is 1. The highest BCUT2D eigenvalue weighted by Gasteiger charge is 2.15. The van der Waals surface area contributed by atoms with Crippen LogP contribution in [0, 0.1) is 19.8 Å². The number of rotatable bonds is 7. The Kier molecular flexibility index (Phi) is 6.03. The third-order valence-corrected chi connectivity index (χ3v) is 3.54. The number of pyridine rings is 1. The summed E-state index contributed by atoms with van der Waals surface area (Å²) in [6.45, 7) is 8.25. The van der Waals surface area contributed by atoms with Crippen molar-refractivity contribution in [3.05, 3.63) is 29.1 Å². The highest BCUT2D eigenvalue weighted by atomic mass is 16.1. The Balaban J connectivity index is 2.68. The van der Waals surface area contributed by atoms with E-state index in [-0.39, 0.29) is 5.78 Å². The van der Waals surface area contributed by atoms with Crippen LogP contribution < -0.4 is 0 Å². The topological polar surface area (TPSA) is 30.0 Å². The minimum atomic E-state index is 0.253. The van der Waals surface area contributed by atoms with Crippen LogP contribution in [0.25, 0.3) is 0 Å². The maximum Gasteiger partial charge on any atom is 0.164 e. The van der Waals surface area contributed by atoms with Gasteiger partial charge in [0.1, 0.15) is 0 Å². The molecule has 0 bridgehead atoms. The zero-order valence-corrected chi connectivity index (χ0v) is 12.1. The maximum atomic E-state index is 12.3. The molecule has 0 aliphatic rings. The van der Waals surface area contributed by atoms with Gasteiger partial charge in [0.25, 0.3) is 0 Å². The van der Waals surface area contributed by atoms with Gasteiger partial charge in [-0.15, -0.1) is 0 Å². The molecule has 1 unspecified atom stereocenters. The first-order valence-electron chi connectivity index (χ1n) is 7.05. The summed E-state index contributed by atoms with van der Waals surface area (Å²) in [6, 6.07) is 3.85. The van der Waals surface area contributed by atoms with Crippen LogP contribution >= 0.6 is 0 Å². The summed E-state index contributed by atoms with van der Waals surface area (Å²) in [5.41, 5.74) is 2.64. The molecule has 1 aromatic rings. The van der Waals surface area contributed by atoms with E-state index in [9.17, 15) is 4.79 Å². The van der Waals surface area contributed by atoms with Gasteiger partial charge >= 0.3 is 0 Å². The molecular weight excluding hydrogens is 222 g/mol. The monoisotopic (exact) mass is 247 g/mol. The lowest BCUT2D eigenvalue weighted by molar-refractivity contribution is 0.0956. The minimum Gasteiger partial charge on any atom is -0.294 e. The van der Waals surface area contributed by atoms with Gasteiger partial charge in [0.05, 0.1) is 0 Å². The Hall–Kier alpha value is -1.18. The van der Waals surface area contributed by atoms with Crippen LogP contribution in [0.5, 0.6) is 0 Å². The van der Waals surface area contributed by atoms with Crippen molar-refractivity contribution < 1.29 is 4.79 Å². The molecule has 0 radical (unpaired) electrons. The molecule has 1 heterocycles. The van der Waals surface area contributed by atoms with E-state index in [2.05, 4.69) is 18.8 Å². The van der Waals surface area contributed by atoms with Crippen molar-refractivity contribution in [2.75, 3.05) is 0 Å². The Bertz CT molecular complexity index is 398. The van der Waals surface area contributed by atoms with Crippen LogP contribution in [0.3, 0.4) is 0 Å². The van der Waals surface area contributed by atoms with Gasteiger partial charge in [-0.05, 0) is 31.9 Å². The molecule has 1 rings (SSSR count). The molecule has 0 N–H and O–H groups in total. The van der Waals surface area contributed by atoms with E-state index < -0.39 is 0 Å². The highest BCUT2D eigenvalue weighted by Crippen LogP contribution is 2.20. The van der Waals surface area contributed by atoms with Crippen molar-refractivity contribution in [2.24, 2.45) is 5.92 Å². The van der Waals surface area contributed by atoms with Gasteiger partial charge < -0.3 is 0 Å². The fraction of sp³-hybridized carbons (Fsp3) is 0.625. The molecule has 0 spiro atoms. The third kappa shape index (κ3) is 4.25. The third-order valence-electron chi connectivity index (χ3n) is 3.54. The van der Waals surface area contributed by atoms with Crippen LogP contribution in [0.2, 0.25) is 0 Å². The first-order valence-corrected chi connectivity index (χ1v) is 7.05. The second-order valence-electron chi connectivity index (χ2n) is 5.13. The summed E-state index contributed by atoms with van der Waals surface area (Å²) < 4.78 is 0. The minimum absolute atomic E-state index is 0.253. The fourth-order valence-electron chi connectivity index (χ4n) is 2.30. The largest absolute Gasteiger partial charge is 0.294 e. The van der Waals surface area contributed by atoms with E-state index in [1.807, 2.05) is 26.0 Å². The first-order chi connectivity index (χ1) is 8.58. The van der Waals surface area contributed by atoms with Gasteiger partial charge in [-0.3, -0.25) is 9.78 Å². The average Bonchev–Trinajstić information content (AvgIpc) is 2.34. The fourth-order valence-corrected chi connectivity index (χ4v) is 2.30. The van der Waals surface area contributed by atoms with Crippen molar-refractivity contribution in [1.29, 1.82) is 0 Å². The van der Waals surface area contributed by atoms with Gasteiger partial charge in [-0.25, -0.2) is 0 Å². The number of Topliss-reactive ketones (excluding diaryl/α,β-unsaturated/α-hetero) is 1. The molecule has 1 atom stereocenters. The standard InChI is InChI=1S/C16H25NO/c1-5-7-8-14(6-2)11-16(18)15-10-9-12(3)17-13(15)4/h9-10,14H,5-8,11H2,1-4H3. The lowest BCUT2D eigenvalue weighted by atomic mass is 9.91. The average molecular weight is 247 g/mol. The quantitative estimate of drug-likeness (QED) is 0.665. The molecule has 0 saturated carbocycles. The molecule has 1 aromatic heterocycles. The zero-order valence-electron chi connectivity index (χ0n) is 12.1. The number of ketones is 1. The van der Waals surface area contributed by atoms with Crippen LogP contribution in [-0.2, 0) is 0 Å². The SMILES string of the molecule is CCCCC(CC)CC(=O)c1ccc(C)nc1C. The van der Waals surface area contributed by atoms with Crippen molar-refractivity contribution >= 4 is 5.78 Å². The van der Waals surface area contributed by atoms with E-state index in [1.54, 1.807) is 0 Å². The van der Waals surface area contributed by atoms with E-state index in [1.165, 1.54) is 12.8 Å². The van der Waals surface area contributed by atoms with Crippen LogP contribution in [0.15, 0.2) is 12.1 Å². The van der Waals surface area contributed by atoms with Gasteiger partial charge in [-0.2, -0.15) is 0 Å². The summed E-state index contributed by atoms with van der Waals surface area (Å²) in [6.07, 6.45) is 5.34. The number of hydrogen-bond donors (Lipinski definition) is 0. The highest BCUT2D eigenvalue weighted by molar-refractivity contribution is 5.97. The van der Waals surface area contributed by atoms with Crippen molar-refractivity contribution in [1.82, 2.24) is 4.98 Å². The lowest BCUT2D eigenvalue weighted by Gasteiger charge is -2.14. The molecule has 0 aromatic carbocycles. The number of hydrogen-bond acceptors (Lipinski definition) is 2. The summed E-state index contributed by atoms with van der Waals surface area (Å²) in [5, 5.41) is 0. The number of carbonyl (C=O) groups is 1. The van der Waals surface area contributed by atoms with Gasteiger partial charge in [-0.1, -0.05) is 39.5 Å². The van der Waals surface area contributed by atoms with Gasteiger partial charge in [0.2, 0.25) is 0 Å². The number of aryl methyl sites for hydroxylation is 2.